The van der Waals surface area contributed by atoms with Crippen molar-refractivity contribution < 1.29 is 9.66 Å². The van der Waals surface area contributed by atoms with Gasteiger partial charge in [-0.2, -0.15) is 0 Å². The number of nitro groups is 1. The Morgan fingerprint density at radius 3 is 3.10 bits per heavy atom. The molecule has 0 spiro atoms. The molecule has 1 aliphatic rings. The standard InChI is InChI=1S/C12H13N5O3S/c18-17(19)10-2-1-3-11(8-10)20-6-7-21-12-13-14-15-16(12)9-4-5-9/h1-3,8-9H,4-7H2. The normalized spacial score (nSPS) is 14.1. The Kier molecular flexibility index (Phi) is 4.00. The number of rotatable bonds is 7. The minimum Gasteiger partial charge on any atom is -0.492 e. The van der Waals surface area contributed by atoms with Crippen molar-refractivity contribution in [3.05, 3.63) is 34.4 Å². The third-order valence-corrected chi connectivity index (χ3v) is 3.86. The number of ether oxygens (including phenoxy) is 1. The Hall–Kier alpha value is -2.16. The van der Waals surface area contributed by atoms with Crippen LogP contribution in [0.25, 0.3) is 0 Å². The van der Waals surface area contributed by atoms with Crippen LogP contribution in [0.3, 0.4) is 0 Å². The van der Waals surface area contributed by atoms with Gasteiger partial charge in [0.05, 0.1) is 23.6 Å². The van der Waals surface area contributed by atoms with Gasteiger partial charge in [0.25, 0.3) is 5.69 Å². The molecule has 1 aromatic heterocycles. The van der Waals surface area contributed by atoms with Gasteiger partial charge >= 0.3 is 0 Å². The second-order valence-electron chi connectivity index (χ2n) is 4.59. The SMILES string of the molecule is O=[N+]([O-])c1cccc(OCCSc2nnnn2C2CC2)c1. The molecule has 0 aliphatic heterocycles. The van der Waals surface area contributed by atoms with E-state index in [1.54, 1.807) is 12.1 Å². The second-order valence-corrected chi connectivity index (χ2v) is 5.65. The van der Waals surface area contributed by atoms with E-state index in [9.17, 15) is 10.1 Å². The Morgan fingerprint density at radius 1 is 1.48 bits per heavy atom. The zero-order chi connectivity index (χ0) is 14.7. The van der Waals surface area contributed by atoms with Crippen LogP contribution in [-0.2, 0) is 0 Å². The molecule has 0 amide bonds. The summed E-state index contributed by atoms with van der Waals surface area (Å²) in [4.78, 5) is 10.2. The number of hydrogen-bond acceptors (Lipinski definition) is 7. The summed E-state index contributed by atoms with van der Waals surface area (Å²) in [5, 5.41) is 23.1. The van der Waals surface area contributed by atoms with Crippen molar-refractivity contribution in [2.45, 2.75) is 24.0 Å². The Bertz CT molecular complexity index is 643. The zero-order valence-electron chi connectivity index (χ0n) is 11.1. The molecule has 110 valence electrons. The number of benzene rings is 1. The van der Waals surface area contributed by atoms with Gasteiger partial charge in [0, 0.05) is 11.8 Å². The second kappa shape index (κ2) is 6.08. The maximum atomic E-state index is 10.7. The van der Waals surface area contributed by atoms with Crippen molar-refractivity contribution >= 4 is 17.4 Å². The van der Waals surface area contributed by atoms with Crippen LogP contribution in [0.2, 0.25) is 0 Å². The fraction of sp³-hybridized carbons (Fsp3) is 0.417. The Balaban J connectivity index is 1.48. The topological polar surface area (TPSA) is 96.0 Å². The van der Waals surface area contributed by atoms with Crippen LogP contribution >= 0.6 is 11.8 Å². The van der Waals surface area contributed by atoms with E-state index < -0.39 is 4.92 Å². The average Bonchev–Trinajstić information content (AvgIpc) is 3.23. The van der Waals surface area contributed by atoms with E-state index in [4.69, 9.17) is 4.74 Å². The van der Waals surface area contributed by atoms with Gasteiger partial charge in [-0.3, -0.25) is 10.1 Å². The van der Waals surface area contributed by atoms with Gasteiger partial charge in [-0.25, -0.2) is 4.68 Å². The number of thioether (sulfide) groups is 1. The van der Waals surface area contributed by atoms with Crippen LogP contribution < -0.4 is 4.74 Å². The van der Waals surface area contributed by atoms with Gasteiger partial charge in [0.1, 0.15) is 5.75 Å². The quantitative estimate of drug-likeness (QED) is 0.334. The molecular formula is C12H13N5O3S. The Morgan fingerprint density at radius 2 is 2.33 bits per heavy atom. The number of nitrogens with zero attached hydrogens (tertiary/aromatic N) is 5. The summed E-state index contributed by atoms with van der Waals surface area (Å²) in [6, 6.07) is 6.60. The van der Waals surface area contributed by atoms with E-state index in [0.717, 1.165) is 18.0 Å². The van der Waals surface area contributed by atoms with Crippen molar-refractivity contribution in [3.8, 4) is 5.75 Å². The lowest BCUT2D eigenvalue weighted by Crippen LogP contribution is -2.03. The van der Waals surface area contributed by atoms with E-state index in [1.165, 1.54) is 23.9 Å². The number of tetrazole rings is 1. The summed E-state index contributed by atoms with van der Waals surface area (Å²) in [5.74, 6) is 1.17. The highest BCUT2D eigenvalue weighted by molar-refractivity contribution is 7.99. The third-order valence-electron chi connectivity index (χ3n) is 2.97. The number of aromatic nitrogens is 4. The van der Waals surface area contributed by atoms with Crippen molar-refractivity contribution in [1.29, 1.82) is 0 Å². The molecule has 1 saturated carbocycles. The summed E-state index contributed by atoms with van der Waals surface area (Å²) in [6.45, 7) is 0.434. The van der Waals surface area contributed by atoms with E-state index >= 15 is 0 Å². The van der Waals surface area contributed by atoms with Crippen molar-refractivity contribution in [1.82, 2.24) is 20.2 Å². The molecule has 0 bridgehead atoms. The van der Waals surface area contributed by atoms with Gasteiger partial charge < -0.3 is 4.74 Å². The maximum absolute atomic E-state index is 10.7. The monoisotopic (exact) mass is 307 g/mol. The average molecular weight is 307 g/mol. The molecule has 9 heteroatoms. The predicted octanol–water partition coefficient (Wildman–Crippen LogP) is 2.09. The molecule has 0 radical (unpaired) electrons. The lowest BCUT2D eigenvalue weighted by atomic mass is 10.3. The minimum absolute atomic E-state index is 0.0258. The van der Waals surface area contributed by atoms with Crippen LogP contribution in [0, 0.1) is 10.1 Å². The highest BCUT2D eigenvalue weighted by Gasteiger charge is 2.27. The number of nitro benzene ring substituents is 1. The molecule has 0 saturated heterocycles. The van der Waals surface area contributed by atoms with E-state index in [0.29, 0.717) is 24.2 Å². The summed E-state index contributed by atoms with van der Waals surface area (Å²) in [5.41, 5.74) is 0.0258. The third kappa shape index (κ3) is 3.48. The first-order valence-electron chi connectivity index (χ1n) is 6.52. The minimum atomic E-state index is -0.439. The summed E-state index contributed by atoms with van der Waals surface area (Å²) < 4.78 is 7.35. The molecule has 0 atom stereocenters. The van der Waals surface area contributed by atoms with Crippen molar-refractivity contribution in [2.75, 3.05) is 12.4 Å². The summed E-state index contributed by atoms with van der Waals surface area (Å²) in [7, 11) is 0. The van der Waals surface area contributed by atoms with Crippen molar-refractivity contribution in [2.24, 2.45) is 0 Å². The first kappa shape index (κ1) is 13.8. The van der Waals surface area contributed by atoms with Crippen molar-refractivity contribution in [3.63, 3.8) is 0 Å². The highest BCUT2D eigenvalue weighted by Crippen LogP contribution is 2.36. The van der Waals surface area contributed by atoms with Crippen LogP contribution in [0.5, 0.6) is 5.75 Å². The first-order valence-corrected chi connectivity index (χ1v) is 7.50. The van der Waals surface area contributed by atoms with E-state index in [-0.39, 0.29) is 5.69 Å². The molecule has 1 fully saturated rings. The lowest BCUT2D eigenvalue weighted by Gasteiger charge is -2.05. The molecule has 8 nitrogen and oxygen atoms in total. The van der Waals surface area contributed by atoms with Gasteiger partial charge in [-0.15, -0.1) is 5.10 Å². The molecule has 1 aliphatic carbocycles. The molecular weight excluding hydrogens is 294 g/mol. The zero-order valence-corrected chi connectivity index (χ0v) is 11.9. The predicted molar refractivity (Wildman–Crippen MR) is 75.4 cm³/mol. The van der Waals surface area contributed by atoms with Crippen LogP contribution in [0.1, 0.15) is 18.9 Å². The van der Waals surface area contributed by atoms with Crippen LogP contribution in [0.4, 0.5) is 5.69 Å². The number of hydrogen-bond donors (Lipinski definition) is 0. The molecule has 0 unspecified atom stereocenters. The largest absolute Gasteiger partial charge is 0.492 e. The Labute approximate surface area is 124 Å². The smallest absolute Gasteiger partial charge is 0.273 e. The lowest BCUT2D eigenvalue weighted by molar-refractivity contribution is -0.384. The molecule has 1 aromatic carbocycles. The summed E-state index contributed by atoms with van der Waals surface area (Å²) in [6.07, 6.45) is 2.26. The van der Waals surface area contributed by atoms with E-state index in [1.807, 2.05) is 4.68 Å². The fourth-order valence-corrected chi connectivity index (χ4v) is 2.57. The number of non-ortho nitro benzene ring substituents is 1. The van der Waals surface area contributed by atoms with Gasteiger partial charge in [0.2, 0.25) is 5.16 Å². The van der Waals surface area contributed by atoms with Crippen LogP contribution in [-0.4, -0.2) is 37.5 Å². The van der Waals surface area contributed by atoms with Crippen LogP contribution in [0.15, 0.2) is 29.4 Å². The molecule has 21 heavy (non-hydrogen) atoms. The van der Waals surface area contributed by atoms with E-state index in [2.05, 4.69) is 15.5 Å². The molecule has 0 N–H and O–H groups in total. The fourth-order valence-electron chi connectivity index (χ4n) is 1.81. The highest BCUT2D eigenvalue weighted by atomic mass is 32.2. The first-order chi connectivity index (χ1) is 10.2. The van der Waals surface area contributed by atoms with Gasteiger partial charge in [-0.1, -0.05) is 17.8 Å². The summed E-state index contributed by atoms with van der Waals surface area (Å²) >= 11 is 1.52. The molecule has 1 heterocycles. The van der Waals surface area contributed by atoms with Gasteiger partial charge in [-0.05, 0) is 29.3 Å². The molecule has 3 rings (SSSR count). The maximum Gasteiger partial charge on any atom is 0.273 e. The van der Waals surface area contributed by atoms with Gasteiger partial charge in [0.15, 0.2) is 0 Å². The molecule has 2 aromatic rings.